The molecule has 3 heteroatoms. The molecule has 0 spiro atoms. The molecule has 2 fully saturated rings. The van der Waals surface area contributed by atoms with Gasteiger partial charge in [0, 0.05) is 37.3 Å². The Balaban J connectivity index is 2.03. The molecule has 106 valence electrons. The molecule has 0 amide bonds. The van der Waals surface area contributed by atoms with Gasteiger partial charge in [-0.15, -0.1) is 0 Å². The van der Waals surface area contributed by atoms with Crippen molar-refractivity contribution in [2.45, 2.75) is 70.6 Å². The second-order valence-corrected chi connectivity index (χ2v) is 6.67. The number of nitrogens with zero attached hydrogens (tertiary/aromatic N) is 1. The zero-order chi connectivity index (χ0) is 13.2. The van der Waals surface area contributed by atoms with Gasteiger partial charge in [-0.05, 0) is 39.5 Å². The number of rotatable bonds is 4. The van der Waals surface area contributed by atoms with Gasteiger partial charge >= 0.3 is 0 Å². The Labute approximate surface area is 112 Å². The van der Waals surface area contributed by atoms with E-state index in [2.05, 4.69) is 37.9 Å². The van der Waals surface area contributed by atoms with Crippen LogP contribution in [0.2, 0.25) is 0 Å². The first-order valence-corrected chi connectivity index (χ1v) is 7.63. The number of hydrogen-bond acceptors (Lipinski definition) is 3. The van der Waals surface area contributed by atoms with Crippen LogP contribution >= 0.6 is 0 Å². The lowest BCUT2D eigenvalue weighted by atomic mass is 9.84. The van der Waals surface area contributed by atoms with Crippen molar-refractivity contribution in [2.75, 3.05) is 26.2 Å². The topological polar surface area (TPSA) is 24.5 Å². The van der Waals surface area contributed by atoms with Crippen LogP contribution in [0.4, 0.5) is 0 Å². The molecule has 0 aliphatic carbocycles. The third-order valence-corrected chi connectivity index (χ3v) is 5.05. The van der Waals surface area contributed by atoms with Crippen LogP contribution in [0.1, 0.15) is 53.4 Å². The van der Waals surface area contributed by atoms with Crippen LogP contribution < -0.4 is 5.32 Å². The fraction of sp³-hybridized carbons (Fsp3) is 1.00. The minimum atomic E-state index is 0.250. The average Bonchev–Trinajstić information content (AvgIpc) is 2.85. The molecule has 0 aromatic heterocycles. The van der Waals surface area contributed by atoms with E-state index in [0.29, 0.717) is 11.6 Å². The summed E-state index contributed by atoms with van der Waals surface area (Å²) in [6, 6.07) is 0. The highest BCUT2D eigenvalue weighted by molar-refractivity contribution is 5.01. The number of nitrogens with one attached hydrogen (secondary N) is 1. The van der Waals surface area contributed by atoms with Crippen LogP contribution in [0.25, 0.3) is 0 Å². The summed E-state index contributed by atoms with van der Waals surface area (Å²) in [5.41, 5.74) is 0.563. The highest BCUT2D eigenvalue weighted by Gasteiger charge is 2.41. The molecule has 3 nitrogen and oxygen atoms in total. The Bertz CT molecular complexity index is 268. The molecular formula is C15H30N2O. The van der Waals surface area contributed by atoms with Crippen LogP contribution in [-0.4, -0.2) is 48.3 Å². The fourth-order valence-corrected chi connectivity index (χ4v) is 3.22. The predicted molar refractivity (Wildman–Crippen MR) is 75.9 cm³/mol. The second-order valence-electron chi connectivity index (χ2n) is 6.67. The maximum absolute atomic E-state index is 5.82. The molecule has 0 saturated carbocycles. The van der Waals surface area contributed by atoms with Crippen molar-refractivity contribution in [1.29, 1.82) is 0 Å². The third kappa shape index (κ3) is 2.89. The summed E-state index contributed by atoms with van der Waals surface area (Å²) in [6.07, 6.45) is 5.37. The molecular weight excluding hydrogens is 224 g/mol. The van der Waals surface area contributed by atoms with E-state index in [9.17, 15) is 0 Å². The minimum Gasteiger partial charge on any atom is -0.377 e. The van der Waals surface area contributed by atoms with Gasteiger partial charge in [0.1, 0.15) is 0 Å². The van der Waals surface area contributed by atoms with Crippen molar-refractivity contribution in [3.8, 4) is 0 Å². The summed E-state index contributed by atoms with van der Waals surface area (Å²) >= 11 is 0. The SMILES string of the molecule is CCC1(CC)CN(CC2CCCO2)C(C)(C)CN1. The van der Waals surface area contributed by atoms with E-state index in [1.165, 1.54) is 25.7 Å². The first-order chi connectivity index (χ1) is 8.51. The maximum Gasteiger partial charge on any atom is 0.0703 e. The largest absolute Gasteiger partial charge is 0.377 e. The van der Waals surface area contributed by atoms with Gasteiger partial charge in [-0.3, -0.25) is 4.90 Å². The van der Waals surface area contributed by atoms with E-state index in [1.807, 2.05) is 0 Å². The lowest BCUT2D eigenvalue weighted by molar-refractivity contribution is -0.0167. The van der Waals surface area contributed by atoms with Crippen LogP contribution in [0.15, 0.2) is 0 Å². The van der Waals surface area contributed by atoms with Crippen LogP contribution in [0.5, 0.6) is 0 Å². The molecule has 0 bridgehead atoms. The summed E-state index contributed by atoms with van der Waals surface area (Å²) in [4.78, 5) is 2.66. The third-order valence-electron chi connectivity index (χ3n) is 5.05. The van der Waals surface area contributed by atoms with Crippen LogP contribution in [-0.2, 0) is 4.74 Å². The van der Waals surface area contributed by atoms with E-state index in [0.717, 1.165) is 26.2 Å². The Morgan fingerprint density at radius 1 is 1.28 bits per heavy atom. The molecule has 18 heavy (non-hydrogen) atoms. The molecule has 2 rings (SSSR count). The molecule has 1 atom stereocenters. The second kappa shape index (κ2) is 5.48. The maximum atomic E-state index is 5.82. The standard InChI is InChI=1S/C15H30N2O/c1-5-15(6-2)12-17(14(3,4)11-16-15)10-13-8-7-9-18-13/h13,16H,5-12H2,1-4H3. The van der Waals surface area contributed by atoms with Crippen molar-refractivity contribution in [3.05, 3.63) is 0 Å². The first-order valence-electron chi connectivity index (χ1n) is 7.63. The van der Waals surface area contributed by atoms with Crippen molar-refractivity contribution in [1.82, 2.24) is 10.2 Å². The van der Waals surface area contributed by atoms with Crippen molar-refractivity contribution in [3.63, 3.8) is 0 Å². The fourth-order valence-electron chi connectivity index (χ4n) is 3.22. The highest BCUT2D eigenvalue weighted by atomic mass is 16.5. The zero-order valence-corrected chi connectivity index (χ0v) is 12.6. The van der Waals surface area contributed by atoms with Crippen molar-refractivity contribution >= 4 is 0 Å². The van der Waals surface area contributed by atoms with E-state index in [1.54, 1.807) is 0 Å². The summed E-state index contributed by atoms with van der Waals surface area (Å²) in [6.45, 7) is 13.6. The predicted octanol–water partition coefficient (Wildman–Crippen LogP) is 2.41. The smallest absolute Gasteiger partial charge is 0.0703 e. The molecule has 0 radical (unpaired) electrons. The van der Waals surface area contributed by atoms with E-state index < -0.39 is 0 Å². The lowest BCUT2D eigenvalue weighted by Gasteiger charge is -2.52. The van der Waals surface area contributed by atoms with E-state index in [4.69, 9.17) is 4.74 Å². The van der Waals surface area contributed by atoms with Gasteiger partial charge in [-0.25, -0.2) is 0 Å². The van der Waals surface area contributed by atoms with Gasteiger partial charge in [0.15, 0.2) is 0 Å². The molecule has 0 aromatic rings. The lowest BCUT2D eigenvalue weighted by Crippen LogP contribution is -2.68. The number of piperazine rings is 1. The Morgan fingerprint density at radius 2 is 2.00 bits per heavy atom. The Morgan fingerprint density at radius 3 is 2.56 bits per heavy atom. The normalized spacial score (nSPS) is 31.7. The van der Waals surface area contributed by atoms with Crippen molar-refractivity contribution < 1.29 is 4.74 Å². The van der Waals surface area contributed by atoms with Gasteiger partial charge in [0.25, 0.3) is 0 Å². The number of ether oxygens (including phenoxy) is 1. The van der Waals surface area contributed by atoms with Gasteiger partial charge in [0.05, 0.1) is 6.10 Å². The molecule has 1 unspecified atom stereocenters. The average molecular weight is 254 g/mol. The zero-order valence-electron chi connectivity index (χ0n) is 12.6. The Kier molecular flexibility index (Phi) is 4.35. The summed E-state index contributed by atoms with van der Waals surface area (Å²) in [5, 5.41) is 3.79. The van der Waals surface area contributed by atoms with Crippen LogP contribution in [0, 0.1) is 0 Å². The van der Waals surface area contributed by atoms with Gasteiger partial charge in [-0.1, -0.05) is 13.8 Å². The van der Waals surface area contributed by atoms with E-state index in [-0.39, 0.29) is 5.54 Å². The van der Waals surface area contributed by atoms with E-state index >= 15 is 0 Å². The summed E-state index contributed by atoms with van der Waals surface area (Å²) < 4.78 is 5.82. The Hall–Kier alpha value is -0.120. The molecule has 2 heterocycles. The summed E-state index contributed by atoms with van der Waals surface area (Å²) in [7, 11) is 0. The van der Waals surface area contributed by atoms with Gasteiger partial charge in [-0.2, -0.15) is 0 Å². The molecule has 2 aliphatic rings. The van der Waals surface area contributed by atoms with Crippen molar-refractivity contribution in [2.24, 2.45) is 0 Å². The first kappa shape index (κ1) is 14.3. The molecule has 1 N–H and O–H groups in total. The van der Waals surface area contributed by atoms with Gasteiger partial charge in [0.2, 0.25) is 0 Å². The monoisotopic (exact) mass is 254 g/mol. The molecule has 2 aliphatic heterocycles. The van der Waals surface area contributed by atoms with Crippen LogP contribution in [0.3, 0.4) is 0 Å². The minimum absolute atomic E-state index is 0.250. The number of hydrogen-bond donors (Lipinski definition) is 1. The van der Waals surface area contributed by atoms with Gasteiger partial charge < -0.3 is 10.1 Å². The molecule has 2 saturated heterocycles. The highest BCUT2D eigenvalue weighted by Crippen LogP contribution is 2.29. The quantitative estimate of drug-likeness (QED) is 0.834. The molecule has 0 aromatic carbocycles. The summed E-state index contributed by atoms with van der Waals surface area (Å²) in [5.74, 6) is 0.